The van der Waals surface area contributed by atoms with Crippen LogP contribution in [0.15, 0.2) is 24.3 Å². The van der Waals surface area contributed by atoms with E-state index in [0.29, 0.717) is 18.5 Å². The highest BCUT2D eigenvalue weighted by atomic mass is 16.5. The molecule has 132 valence electrons. The molecule has 24 heavy (non-hydrogen) atoms. The number of benzene rings is 1. The molecule has 0 saturated carbocycles. The normalized spacial score (nSPS) is 14.6. The maximum Gasteiger partial charge on any atom is 0.254 e. The summed E-state index contributed by atoms with van der Waals surface area (Å²) in [6, 6.07) is 7.11. The van der Waals surface area contributed by atoms with Crippen LogP contribution in [0.5, 0.6) is 5.75 Å². The molecule has 6 heteroatoms. The molecule has 0 unspecified atom stereocenters. The van der Waals surface area contributed by atoms with Crippen molar-refractivity contribution in [3.05, 3.63) is 29.8 Å². The Balaban J connectivity index is 1.97. The van der Waals surface area contributed by atoms with Crippen LogP contribution < -0.4 is 10.1 Å². The first-order chi connectivity index (χ1) is 11.5. The summed E-state index contributed by atoms with van der Waals surface area (Å²) < 4.78 is 5.12. The van der Waals surface area contributed by atoms with Crippen LogP contribution in [-0.2, 0) is 4.79 Å². The van der Waals surface area contributed by atoms with Crippen molar-refractivity contribution in [2.75, 3.05) is 39.8 Å². The van der Waals surface area contributed by atoms with Gasteiger partial charge < -0.3 is 19.9 Å². The maximum absolute atomic E-state index is 12.7. The Morgan fingerprint density at radius 1 is 1.21 bits per heavy atom. The van der Waals surface area contributed by atoms with Crippen LogP contribution >= 0.6 is 0 Å². The number of rotatable bonds is 6. The lowest BCUT2D eigenvalue weighted by atomic mass is 10.1. The van der Waals surface area contributed by atoms with Gasteiger partial charge in [-0.2, -0.15) is 0 Å². The van der Waals surface area contributed by atoms with Crippen LogP contribution in [0, 0.1) is 0 Å². The minimum atomic E-state index is -0.0548. The molecule has 6 nitrogen and oxygen atoms in total. The summed E-state index contributed by atoms with van der Waals surface area (Å²) >= 11 is 0. The summed E-state index contributed by atoms with van der Waals surface area (Å²) in [5.74, 6) is 0.780. The van der Waals surface area contributed by atoms with Crippen molar-refractivity contribution in [2.24, 2.45) is 0 Å². The van der Waals surface area contributed by atoms with E-state index in [2.05, 4.69) is 5.32 Å². The van der Waals surface area contributed by atoms with Gasteiger partial charge >= 0.3 is 0 Å². The molecule has 0 aliphatic carbocycles. The number of ether oxygens (including phenoxy) is 1. The smallest absolute Gasteiger partial charge is 0.254 e. The van der Waals surface area contributed by atoms with Crippen molar-refractivity contribution in [1.82, 2.24) is 15.1 Å². The minimum Gasteiger partial charge on any atom is -0.497 e. The van der Waals surface area contributed by atoms with Gasteiger partial charge in [0.2, 0.25) is 5.91 Å². The summed E-state index contributed by atoms with van der Waals surface area (Å²) in [5.41, 5.74) is 0.610. The standard InChI is InChI=1S/C18H27N3O3/c1-14(2)21(11-8-17(22)20-12-9-19-10-13-20)18(23)15-4-6-16(24-3)7-5-15/h4-7,14,19H,8-13H2,1-3H3. The molecule has 1 aromatic carbocycles. The van der Waals surface area contributed by atoms with Crippen LogP contribution in [-0.4, -0.2) is 67.5 Å². The average Bonchev–Trinajstić information content (AvgIpc) is 2.62. The zero-order valence-electron chi connectivity index (χ0n) is 14.7. The molecule has 1 aromatic rings. The number of hydrogen-bond acceptors (Lipinski definition) is 4. The zero-order chi connectivity index (χ0) is 17.5. The Kier molecular flexibility index (Phi) is 6.61. The van der Waals surface area contributed by atoms with E-state index in [1.807, 2.05) is 18.7 Å². The fourth-order valence-corrected chi connectivity index (χ4v) is 2.78. The number of piperazine rings is 1. The van der Waals surface area contributed by atoms with Crippen molar-refractivity contribution in [2.45, 2.75) is 26.3 Å². The van der Waals surface area contributed by atoms with Crippen molar-refractivity contribution in [1.29, 1.82) is 0 Å². The van der Waals surface area contributed by atoms with Crippen LogP contribution in [0.4, 0.5) is 0 Å². The molecule has 0 spiro atoms. The fraction of sp³-hybridized carbons (Fsp3) is 0.556. The SMILES string of the molecule is COc1ccc(C(=O)N(CCC(=O)N2CCNCC2)C(C)C)cc1. The van der Waals surface area contributed by atoms with Gasteiger partial charge in [-0.05, 0) is 38.1 Å². The van der Waals surface area contributed by atoms with Crippen LogP contribution in [0.1, 0.15) is 30.6 Å². The highest BCUT2D eigenvalue weighted by Crippen LogP contribution is 2.15. The summed E-state index contributed by atoms with van der Waals surface area (Å²) in [7, 11) is 1.60. The Hall–Kier alpha value is -2.08. The quantitative estimate of drug-likeness (QED) is 0.854. The molecule has 1 N–H and O–H groups in total. The molecular formula is C18H27N3O3. The summed E-state index contributed by atoms with van der Waals surface area (Å²) in [5, 5.41) is 3.23. The molecule has 1 aliphatic heterocycles. The highest BCUT2D eigenvalue weighted by molar-refractivity contribution is 5.94. The third-order valence-electron chi connectivity index (χ3n) is 4.26. The van der Waals surface area contributed by atoms with Gasteiger partial charge in [0, 0.05) is 50.7 Å². The Labute approximate surface area is 143 Å². The first-order valence-corrected chi connectivity index (χ1v) is 8.46. The molecule has 1 heterocycles. The molecule has 2 amide bonds. The summed E-state index contributed by atoms with van der Waals surface area (Å²) in [4.78, 5) is 28.7. The first-order valence-electron chi connectivity index (χ1n) is 8.46. The second-order valence-electron chi connectivity index (χ2n) is 6.20. The highest BCUT2D eigenvalue weighted by Gasteiger charge is 2.22. The fourth-order valence-electron chi connectivity index (χ4n) is 2.78. The number of nitrogens with zero attached hydrogens (tertiary/aromatic N) is 2. The molecule has 0 radical (unpaired) electrons. The van der Waals surface area contributed by atoms with E-state index in [0.717, 1.165) is 31.9 Å². The molecule has 1 saturated heterocycles. The molecule has 1 aliphatic rings. The third-order valence-corrected chi connectivity index (χ3v) is 4.26. The predicted molar refractivity (Wildman–Crippen MR) is 93.2 cm³/mol. The van der Waals surface area contributed by atoms with E-state index in [4.69, 9.17) is 4.74 Å². The number of methoxy groups -OCH3 is 1. The lowest BCUT2D eigenvalue weighted by Gasteiger charge is -2.30. The van der Waals surface area contributed by atoms with Crippen LogP contribution in [0.25, 0.3) is 0 Å². The van der Waals surface area contributed by atoms with Gasteiger partial charge in [0.15, 0.2) is 0 Å². The van der Waals surface area contributed by atoms with Gasteiger partial charge in [-0.3, -0.25) is 9.59 Å². The van der Waals surface area contributed by atoms with E-state index >= 15 is 0 Å². The number of nitrogens with one attached hydrogen (secondary N) is 1. The summed E-state index contributed by atoms with van der Waals surface area (Å²) in [6.45, 7) is 7.54. The second-order valence-corrected chi connectivity index (χ2v) is 6.20. The summed E-state index contributed by atoms with van der Waals surface area (Å²) in [6.07, 6.45) is 0.361. The molecule has 0 atom stereocenters. The first kappa shape index (κ1) is 18.3. The molecular weight excluding hydrogens is 306 g/mol. The number of hydrogen-bond donors (Lipinski definition) is 1. The minimum absolute atomic E-state index is 0.0374. The van der Waals surface area contributed by atoms with Crippen molar-refractivity contribution >= 4 is 11.8 Å². The van der Waals surface area contributed by atoms with Crippen molar-refractivity contribution in [3.63, 3.8) is 0 Å². The molecule has 0 bridgehead atoms. The number of carbonyl (C=O) groups excluding carboxylic acids is 2. The van der Waals surface area contributed by atoms with Gasteiger partial charge in [-0.15, -0.1) is 0 Å². The van der Waals surface area contributed by atoms with Crippen molar-refractivity contribution < 1.29 is 14.3 Å². The zero-order valence-corrected chi connectivity index (χ0v) is 14.7. The van der Waals surface area contributed by atoms with E-state index in [9.17, 15) is 9.59 Å². The van der Waals surface area contributed by atoms with Gasteiger partial charge in [-0.1, -0.05) is 0 Å². The topological polar surface area (TPSA) is 61.9 Å². The Morgan fingerprint density at radius 3 is 2.38 bits per heavy atom. The molecule has 1 fully saturated rings. The van der Waals surface area contributed by atoms with Gasteiger partial charge in [0.1, 0.15) is 5.75 Å². The number of carbonyl (C=O) groups is 2. The lowest BCUT2D eigenvalue weighted by molar-refractivity contribution is -0.132. The van der Waals surface area contributed by atoms with E-state index in [1.165, 1.54) is 0 Å². The van der Waals surface area contributed by atoms with Gasteiger partial charge in [0.05, 0.1) is 7.11 Å². The molecule has 2 rings (SSSR count). The van der Waals surface area contributed by atoms with Gasteiger partial charge in [-0.25, -0.2) is 0 Å². The van der Waals surface area contributed by atoms with Crippen LogP contribution in [0.3, 0.4) is 0 Å². The van der Waals surface area contributed by atoms with E-state index in [-0.39, 0.29) is 17.9 Å². The van der Waals surface area contributed by atoms with Crippen molar-refractivity contribution in [3.8, 4) is 5.75 Å². The van der Waals surface area contributed by atoms with Gasteiger partial charge in [0.25, 0.3) is 5.91 Å². The van der Waals surface area contributed by atoms with Crippen LogP contribution in [0.2, 0.25) is 0 Å². The second kappa shape index (κ2) is 8.68. The monoisotopic (exact) mass is 333 g/mol. The largest absolute Gasteiger partial charge is 0.497 e. The molecule has 0 aromatic heterocycles. The average molecular weight is 333 g/mol. The lowest BCUT2D eigenvalue weighted by Crippen LogP contribution is -2.47. The third kappa shape index (κ3) is 4.71. The van der Waals surface area contributed by atoms with E-state index in [1.54, 1.807) is 36.3 Å². The Morgan fingerprint density at radius 2 is 1.83 bits per heavy atom. The Bertz CT molecular complexity index is 551. The number of amides is 2. The van der Waals surface area contributed by atoms with E-state index < -0.39 is 0 Å². The maximum atomic E-state index is 12.7. The predicted octanol–water partition coefficient (Wildman–Crippen LogP) is 1.37.